The van der Waals surface area contributed by atoms with E-state index in [-0.39, 0.29) is 18.5 Å². The first-order chi connectivity index (χ1) is 16.4. The van der Waals surface area contributed by atoms with Crippen molar-refractivity contribution in [2.75, 3.05) is 46.4 Å². The molecule has 1 atom stereocenters. The Balaban J connectivity index is 1.59. The molecule has 0 saturated carbocycles. The van der Waals surface area contributed by atoms with Crippen LogP contribution in [0.3, 0.4) is 0 Å². The van der Waals surface area contributed by atoms with Gasteiger partial charge in [-0.1, -0.05) is 35.9 Å². The monoisotopic (exact) mass is 502 g/mol. The maximum Gasteiger partial charge on any atom is 0.338 e. The molecule has 1 fully saturated rings. The van der Waals surface area contributed by atoms with E-state index in [1.54, 1.807) is 32.2 Å². The number of nitrogens with one attached hydrogen (secondary N) is 1. The van der Waals surface area contributed by atoms with E-state index in [0.29, 0.717) is 54.6 Å². The minimum Gasteiger partial charge on any atom is -0.463 e. The van der Waals surface area contributed by atoms with Crippen LogP contribution in [0.15, 0.2) is 53.0 Å². The molecule has 1 aromatic carbocycles. The summed E-state index contributed by atoms with van der Waals surface area (Å²) in [6.07, 6.45) is 0. The molecule has 0 unspecified atom stereocenters. The molecule has 180 valence electrons. The van der Waals surface area contributed by atoms with Crippen LogP contribution in [0, 0.1) is 0 Å². The van der Waals surface area contributed by atoms with E-state index in [9.17, 15) is 14.4 Å². The molecule has 1 aromatic heterocycles. The Bertz CT molecular complexity index is 1100. The second-order valence-electron chi connectivity index (χ2n) is 8.09. The van der Waals surface area contributed by atoms with Crippen LogP contribution in [0.25, 0.3) is 0 Å². The van der Waals surface area contributed by atoms with E-state index in [4.69, 9.17) is 16.3 Å². The summed E-state index contributed by atoms with van der Waals surface area (Å²) < 4.78 is 5.38. The molecule has 1 N–H and O–H groups in total. The maximum atomic E-state index is 13.1. The van der Waals surface area contributed by atoms with Crippen molar-refractivity contribution in [3.63, 3.8) is 0 Å². The van der Waals surface area contributed by atoms with E-state index in [1.165, 1.54) is 16.2 Å². The van der Waals surface area contributed by atoms with Gasteiger partial charge in [0.1, 0.15) is 0 Å². The van der Waals surface area contributed by atoms with Crippen LogP contribution in [0.4, 0.5) is 4.79 Å². The number of benzene rings is 1. The van der Waals surface area contributed by atoms with Gasteiger partial charge in [-0.05, 0) is 30.0 Å². The number of hydrogen-bond donors (Lipinski definition) is 1. The third-order valence-electron chi connectivity index (χ3n) is 6.05. The Labute approximate surface area is 207 Å². The van der Waals surface area contributed by atoms with E-state index < -0.39 is 12.0 Å². The van der Waals surface area contributed by atoms with Gasteiger partial charge in [0.15, 0.2) is 0 Å². The van der Waals surface area contributed by atoms with Gasteiger partial charge in [-0.3, -0.25) is 14.6 Å². The molecule has 0 spiro atoms. The van der Waals surface area contributed by atoms with Crippen molar-refractivity contribution in [1.82, 2.24) is 20.0 Å². The van der Waals surface area contributed by atoms with Crippen LogP contribution in [0.1, 0.15) is 28.2 Å². The molecule has 2 aliphatic rings. The molecular formula is C24H27ClN4O4S. The topological polar surface area (TPSA) is 82.2 Å². The Hall–Kier alpha value is -2.88. The standard InChI is InChI=1S/C24H27ClN4O4S/c1-3-33-23(31)20-18(27(2)24(32)26-21(20)16-7-4-5-8-17(16)25)15-28-10-12-29(13-11-28)22(30)19-9-6-14-34-19/h4-9,14,21H,3,10-13,15H2,1-2H3,(H,26,32)/t21-/m0/s1. The number of nitrogens with zero attached hydrogens (tertiary/aromatic N) is 3. The SMILES string of the molecule is CCOC(=O)C1=C(CN2CCN(C(=O)c3cccs3)CC2)N(C)C(=O)N[C@H]1c1ccccc1Cl. The van der Waals surface area contributed by atoms with Crippen LogP contribution in [0.5, 0.6) is 0 Å². The highest BCUT2D eigenvalue weighted by atomic mass is 35.5. The zero-order valence-corrected chi connectivity index (χ0v) is 20.7. The Morgan fingerprint density at radius 1 is 1.15 bits per heavy atom. The number of urea groups is 1. The first kappa shape index (κ1) is 24.3. The lowest BCUT2D eigenvalue weighted by atomic mass is 9.94. The highest BCUT2D eigenvalue weighted by molar-refractivity contribution is 7.12. The summed E-state index contributed by atoms with van der Waals surface area (Å²) in [5.41, 5.74) is 1.58. The smallest absolute Gasteiger partial charge is 0.338 e. The average Bonchev–Trinajstić information content (AvgIpc) is 3.37. The largest absolute Gasteiger partial charge is 0.463 e. The fraction of sp³-hybridized carbons (Fsp3) is 0.375. The summed E-state index contributed by atoms with van der Waals surface area (Å²) >= 11 is 7.87. The van der Waals surface area contributed by atoms with Crippen LogP contribution >= 0.6 is 22.9 Å². The summed E-state index contributed by atoms with van der Waals surface area (Å²) in [6.45, 7) is 4.74. The maximum absolute atomic E-state index is 13.1. The molecule has 0 aliphatic carbocycles. The van der Waals surface area contributed by atoms with E-state index in [0.717, 1.165) is 4.88 Å². The number of halogens is 1. The van der Waals surface area contributed by atoms with E-state index in [1.807, 2.05) is 28.5 Å². The van der Waals surface area contributed by atoms with Crippen LogP contribution < -0.4 is 5.32 Å². The highest BCUT2D eigenvalue weighted by Gasteiger charge is 2.38. The molecule has 2 aromatic rings. The number of carbonyl (C=O) groups is 3. The predicted octanol–water partition coefficient (Wildman–Crippen LogP) is 3.37. The number of thiophene rings is 1. The molecule has 0 radical (unpaired) electrons. The normalized spacial score (nSPS) is 19.3. The molecule has 10 heteroatoms. The van der Waals surface area contributed by atoms with E-state index >= 15 is 0 Å². The molecule has 1 saturated heterocycles. The Morgan fingerprint density at radius 2 is 1.88 bits per heavy atom. The van der Waals surface area contributed by atoms with Gasteiger partial charge in [-0.15, -0.1) is 11.3 Å². The Morgan fingerprint density at radius 3 is 2.53 bits per heavy atom. The van der Waals surface area contributed by atoms with Gasteiger partial charge < -0.3 is 15.0 Å². The molecule has 34 heavy (non-hydrogen) atoms. The first-order valence-corrected chi connectivity index (χ1v) is 12.4. The number of carbonyl (C=O) groups excluding carboxylic acids is 3. The zero-order valence-electron chi connectivity index (χ0n) is 19.1. The highest BCUT2D eigenvalue weighted by Crippen LogP contribution is 2.34. The minimum absolute atomic E-state index is 0.0361. The summed E-state index contributed by atoms with van der Waals surface area (Å²) in [4.78, 5) is 44.8. The molecule has 3 amide bonds. The number of esters is 1. The number of hydrogen-bond acceptors (Lipinski definition) is 6. The average molecular weight is 503 g/mol. The van der Waals surface area contributed by atoms with Crippen molar-refractivity contribution in [2.45, 2.75) is 13.0 Å². The zero-order chi connectivity index (χ0) is 24.2. The Kier molecular flexibility index (Phi) is 7.55. The summed E-state index contributed by atoms with van der Waals surface area (Å²) in [5.74, 6) is -0.449. The number of piperazine rings is 1. The quantitative estimate of drug-likeness (QED) is 0.612. The first-order valence-electron chi connectivity index (χ1n) is 11.1. The summed E-state index contributed by atoms with van der Waals surface area (Å²) in [6, 6.07) is 9.81. The fourth-order valence-corrected chi connectivity index (χ4v) is 5.15. The van der Waals surface area contributed by atoms with Gasteiger partial charge in [-0.2, -0.15) is 0 Å². The van der Waals surface area contributed by atoms with Crippen molar-refractivity contribution < 1.29 is 19.1 Å². The lowest BCUT2D eigenvalue weighted by molar-refractivity contribution is -0.139. The minimum atomic E-state index is -0.715. The van der Waals surface area contributed by atoms with Crippen molar-refractivity contribution in [1.29, 1.82) is 0 Å². The lowest BCUT2D eigenvalue weighted by Crippen LogP contribution is -2.53. The van der Waals surface area contributed by atoms with Gasteiger partial charge in [0.25, 0.3) is 5.91 Å². The predicted molar refractivity (Wildman–Crippen MR) is 131 cm³/mol. The lowest BCUT2D eigenvalue weighted by Gasteiger charge is -2.39. The second kappa shape index (κ2) is 10.6. The van der Waals surface area contributed by atoms with Crippen LogP contribution in [-0.4, -0.2) is 79.0 Å². The molecule has 0 bridgehead atoms. The van der Waals surface area contributed by atoms with Gasteiger partial charge in [0.2, 0.25) is 0 Å². The number of amides is 3. The molecule has 2 aliphatic heterocycles. The fourth-order valence-electron chi connectivity index (χ4n) is 4.22. The van der Waals surface area contributed by atoms with Gasteiger partial charge in [0, 0.05) is 50.5 Å². The third kappa shape index (κ3) is 4.96. The third-order valence-corrected chi connectivity index (χ3v) is 7.26. The van der Waals surface area contributed by atoms with Crippen LogP contribution in [0.2, 0.25) is 5.02 Å². The van der Waals surface area contributed by atoms with Gasteiger partial charge in [0.05, 0.1) is 23.1 Å². The van der Waals surface area contributed by atoms with Crippen molar-refractivity contribution in [2.24, 2.45) is 0 Å². The number of rotatable bonds is 6. The van der Waals surface area contributed by atoms with Crippen molar-refractivity contribution in [3.8, 4) is 0 Å². The van der Waals surface area contributed by atoms with Crippen LogP contribution in [-0.2, 0) is 9.53 Å². The van der Waals surface area contributed by atoms with Gasteiger partial charge >= 0.3 is 12.0 Å². The summed E-state index contributed by atoms with van der Waals surface area (Å²) in [5, 5.41) is 5.24. The van der Waals surface area contributed by atoms with Crippen molar-refractivity contribution in [3.05, 3.63) is 68.5 Å². The van der Waals surface area contributed by atoms with Gasteiger partial charge in [-0.25, -0.2) is 9.59 Å². The van der Waals surface area contributed by atoms with Crippen molar-refractivity contribution >= 4 is 40.8 Å². The molecule has 8 nitrogen and oxygen atoms in total. The van der Waals surface area contributed by atoms with E-state index in [2.05, 4.69) is 10.2 Å². The number of ether oxygens (including phenoxy) is 1. The molecule has 4 rings (SSSR count). The summed E-state index contributed by atoms with van der Waals surface area (Å²) in [7, 11) is 1.64. The molecule has 3 heterocycles. The number of likely N-dealkylation sites (N-methyl/N-ethyl adjacent to an activating group) is 1. The second-order valence-corrected chi connectivity index (χ2v) is 9.44. The molecular weight excluding hydrogens is 476 g/mol.